The molecule has 32 heavy (non-hydrogen) atoms. The van der Waals surface area contributed by atoms with Gasteiger partial charge < -0.3 is 10.3 Å². The van der Waals surface area contributed by atoms with Gasteiger partial charge in [-0.15, -0.1) is 16.4 Å². The Labute approximate surface area is 188 Å². The third-order valence-electron chi connectivity index (χ3n) is 5.48. The molecule has 3 heterocycles. The van der Waals surface area contributed by atoms with Crippen molar-refractivity contribution in [1.29, 1.82) is 0 Å². The summed E-state index contributed by atoms with van der Waals surface area (Å²) in [4.78, 5) is 22.7. The van der Waals surface area contributed by atoms with Crippen LogP contribution in [0.4, 0.5) is 0 Å². The second-order valence-corrected chi connectivity index (χ2v) is 8.78. The Balaban J connectivity index is 1.52. The molecular weight excluding hydrogens is 422 g/mol. The molecule has 8 nitrogen and oxygen atoms in total. The lowest BCUT2D eigenvalue weighted by atomic mass is 10.0. The predicted octanol–water partition coefficient (Wildman–Crippen LogP) is 3.93. The molecule has 0 bridgehead atoms. The van der Waals surface area contributed by atoms with Crippen LogP contribution in [0.5, 0.6) is 0 Å². The van der Waals surface area contributed by atoms with Crippen molar-refractivity contribution < 1.29 is 4.79 Å². The number of tetrazole rings is 1. The largest absolute Gasteiger partial charge is 0.342 e. The number of para-hydroxylation sites is 2. The van der Waals surface area contributed by atoms with E-state index in [2.05, 4.69) is 25.8 Å². The highest BCUT2D eigenvalue weighted by atomic mass is 32.1. The van der Waals surface area contributed by atoms with E-state index in [0.717, 1.165) is 32.9 Å². The third-order valence-corrected chi connectivity index (χ3v) is 6.67. The van der Waals surface area contributed by atoms with Crippen LogP contribution in [0, 0.1) is 13.8 Å². The molecule has 0 aliphatic rings. The van der Waals surface area contributed by atoms with Crippen LogP contribution >= 0.6 is 11.3 Å². The molecule has 5 rings (SSSR count). The summed E-state index contributed by atoms with van der Waals surface area (Å²) in [5.41, 5.74) is 4.41. The Bertz CT molecular complexity index is 1340. The molecule has 160 valence electrons. The minimum Gasteiger partial charge on any atom is -0.342 e. The molecule has 0 saturated heterocycles. The fraction of sp³-hybridized carbons (Fsp3) is 0.174. The fourth-order valence-electron chi connectivity index (χ4n) is 3.73. The Kier molecular flexibility index (Phi) is 5.24. The summed E-state index contributed by atoms with van der Waals surface area (Å²) in [7, 11) is 0. The molecule has 5 aromatic rings. The topological polar surface area (TPSA) is 101 Å². The van der Waals surface area contributed by atoms with Gasteiger partial charge in [0.25, 0.3) is 5.91 Å². The van der Waals surface area contributed by atoms with Gasteiger partial charge in [-0.25, -0.2) is 4.98 Å². The molecule has 0 aliphatic heterocycles. The smallest absolute Gasteiger partial charge is 0.255 e. The van der Waals surface area contributed by atoms with Gasteiger partial charge in [-0.1, -0.05) is 42.5 Å². The Morgan fingerprint density at radius 2 is 1.91 bits per heavy atom. The molecule has 0 unspecified atom stereocenters. The van der Waals surface area contributed by atoms with Crippen LogP contribution in [0.1, 0.15) is 38.2 Å². The summed E-state index contributed by atoms with van der Waals surface area (Å²) in [6, 6.07) is 17.6. The second-order valence-electron chi connectivity index (χ2n) is 7.57. The maximum absolute atomic E-state index is 13.6. The van der Waals surface area contributed by atoms with Gasteiger partial charge in [0.1, 0.15) is 17.2 Å². The number of hydrogen-bond acceptors (Lipinski definition) is 6. The molecule has 9 heteroatoms. The van der Waals surface area contributed by atoms with E-state index >= 15 is 0 Å². The standard InChI is InChI=1S/C23H21N7OS/c1-14-15(2)32-23(30-13-24-28-29-30)20(14)22(31)27-19(12-16-8-4-3-5-9-16)21-25-17-10-6-7-11-18(17)26-21/h3-11,13,19H,12H2,1-2H3,(H,25,26)(H,27,31)/t19-/m0/s1. The summed E-state index contributed by atoms with van der Waals surface area (Å²) in [5.74, 6) is 0.538. The zero-order valence-corrected chi connectivity index (χ0v) is 18.4. The highest BCUT2D eigenvalue weighted by molar-refractivity contribution is 7.15. The lowest BCUT2D eigenvalue weighted by Crippen LogP contribution is -2.31. The summed E-state index contributed by atoms with van der Waals surface area (Å²) >= 11 is 1.49. The number of amides is 1. The van der Waals surface area contributed by atoms with Gasteiger partial charge >= 0.3 is 0 Å². The van der Waals surface area contributed by atoms with Crippen LogP contribution in [0.3, 0.4) is 0 Å². The highest BCUT2D eigenvalue weighted by Crippen LogP contribution is 2.31. The summed E-state index contributed by atoms with van der Waals surface area (Å²) in [6.07, 6.45) is 2.11. The van der Waals surface area contributed by atoms with E-state index in [-0.39, 0.29) is 11.9 Å². The zero-order valence-electron chi connectivity index (χ0n) is 17.6. The number of imidazole rings is 1. The number of nitrogens with one attached hydrogen (secondary N) is 2. The van der Waals surface area contributed by atoms with Crippen molar-refractivity contribution in [3.8, 4) is 5.00 Å². The van der Waals surface area contributed by atoms with Gasteiger partial charge in [0, 0.05) is 4.88 Å². The monoisotopic (exact) mass is 443 g/mol. The number of nitrogens with zero attached hydrogens (tertiary/aromatic N) is 5. The third kappa shape index (κ3) is 3.78. The summed E-state index contributed by atoms with van der Waals surface area (Å²) in [5, 5.41) is 15.3. The van der Waals surface area contributed by atoms with Crippen LogP contribution in [0.25, 0.3) is 16.0 Å². The van der Waals surface area contributed by atoms with E-state index < -0.39 is 0 Å². The van der Waals surface area contributed by atoms with E-state index in [1.54, 1.807) is 0 Å². The van der Waals surface area contributed by atoms with Crippen molar-refractivity contribution in [3.05, 3.63) is 88.3 Å². The van der Waals surface area contributed by atoms with Crippen molar-refractivity contribution >= 4 is 28.3 Å². The first-order valence-electron chi connectivity index (χ1n) is 10.2. The first kappa shape index (κ1) is 20.1. The maximum atomic E-state index is 13.6. The fourth-order valence-corrected chi connectivity index (χ4v) is 4.80. The van der Waals surface area contributed by atoms with Crippen LogP contribution in [0.15, 0.2) is 60.9 Å². The SMILES string of the molecule is Cc1sc(-n2cnnn2)c(C(=O)N[C@@H](Cc2ccccc2)c2nc3ccccc3[nH]2)c1C. The van der Waals surface area contributed by atoms with E-state index in [4.69, 9.17) is 4.98 Å². The Morgan fingerprint density at radius 1 is 1.12 bits per heavy atom. The van der Waals surface area contributed by atoms with Crippen molar-refractivity contribution in [2.24, 2.45) is 0 Å². The summed E-state index contributed by atoms with van der Waals surface area (Å²) in [6.45, 7) is 3.94. The van der Waals surface area contributed by atoms with Gasteiger partial charge in [0.05, 0.1) is 22.6 Å². The number of thiophene rings is 1. The predicted molar refractivity (Wildman–Crippen MR) is 123 cm³/mol. The van der Waals surface area contributed by atoms with E-state index in [1.807, 2.05) is 68.4 Å². The molecule has 0 fully saturated rings. The van der Waals surface area contributed by atoms with Crippen LogP contribution in [0.2, 0.25) is 0 Å². The number of benzene rings is 2. The van der Waals surface area contributed by atoms with Crippen molar-refractivity contribution in [2.45, 2.75) is 26.3 Å². The molecular formula is C23H21N7OS. The molecule has 0 aliphatic carbocycles. The number of H-pyrrole nitrogens is 1. The lowest BCUT2D eigenvalue weighted by molar-refractivity contribution is 0.0934. The van der Waals surface area contributed by atoms with Gasteiger partial charge in [0.15, 0.2) is 0 Å². The Morgan fingerprint density at radius 3 is 2.66 bits per heavy atom. The number of carbonyl (C=O) groups excluding carboxylic acids is 1. The number of rotatable bonds is 6. The van der Waals surface area contributed by atoms with Crippen LogP contribution < -0.4 is 5.32 Å². The molecule has 0 radical (unpaired) electrons. The van der Waals surface area contributed by atoms with Crippen molar-refractivity contribution in [1.82, 2.24) is 35.5 Å². The number of hydrogen-bond donors (Lipinski definition) is 2. The number of carbonyl (C=O) groups is 1. The van der Waals surface area contributed by atoms with E-state index in [0.29, 0.717) is 17.0 Å². The average Bonchev–Trinajstić information content (AvgIpc) is 3.53. The van der Waals surface area contributed by atoms with Crippen molar-refractivity contribution in [3.63, 3.8) is 0 Å². The van der Waals surface area contributed by atoms with Crippen molar-refractivity contribution in [2.75, 3.05) is 0 Å². The molecule has 2 aromatic carbocycles. The number of aryl methyl sites for hydroxylation is 1. The average molecular weight is 444 g/mol. The first-order chi connectivity index (χ1) is 15.6. The molecule has 1 atom stereocenters. The molecule has 1 amide bonds. The van der Waals surface area contributed by atoms with E-state index in [1.165, 1.54) is 22.3 Å². The van der Waals surface area contributed by atoms with Gasteiger partial charge in [-0.2, -0.15) is 4.68 Å². The van der Waals surface area contributed by atoms with Crippen LogP contribution in [-0.2, 0) is 6.42 Å². The second kappa shape index (κ2) is 8.35. The Hall–Kier alpha value is -3.85. The number of fused-ring (bicyclic) bond motifs is 1. The van der Waals surface area contributed by atoms with Gasteiger partial charge in [-0.3, -0.25) is 4.79 Å². The molecule has 2 N–H and O–H groups in total. The first-order valence-corrected chi connectivity index (χ1v) is 11.0. The number of aromatic amines is 1. The molecule has 0 spiro atoms. The zero-order chi connectivity index (χ0) is 22.1. The molecule has 0 saturated carbocycles. The van der Waals surface area contributed by atoms with Crippen LogP contribution in [-0.4, -0.2) is 36.1 Å². The number of aromatic nitrogens is 6. The molecule has 3 aromatic heterocycles. The minimum atomic E-state index is -0.335. The minimum absolute atomic E-state index is 0.182. The highest BCUT2D eigenvalue weighted by Gasteiger charge is 2.26. The lowest BCUT2D eigenvalue weighted by Gasteiger charge is -2.18. The summed E-state index contributed by atoms with van der Waals surface area (Å²) < 4.78 is 1.53. The van der Waals surface area contributed by atoms with Gasteiger partial charge in [-0.05, 0) is 54.0 Å². The normalized spacial score (nSPS) is 12.2. The maximum Gasteiger partial charge on any atom is 0.255 e. The quantitative estimate of drug-likeness (QED) is 0.414. The van der Waals surface area contributed by atoms with E-state index in [9.17, 15) is 4.79 Å². The van der Waals surface area contributed by atoms with Gasteiger partial charge in [0.2, 0.25) is 0 Å².